The number of hydrazine groups is 1. The topological polar surface area (TPSA) is 202 Å². The van der Waals surface area contributed by atoms with Gasteiger partial charge in [0.15, 0.2) is 0 Å². The van der Waals surface area contributed by atoms with E-state index in [4.69, 9.17) is 14.2 Å². The first kappa shape index (κ1) is 47.6. The Morgan fingerprint density at radius 3 is 2.60 bits per heavy atom. The van der Waals surface area contributed by atoms with Crippen molar-refractivity contribution in [1.29, 1.82) is 0 Å². The SMILES string of the molecule is CCn1c(-c2cnccc2COC)c2c3cc(ccc31)-c1cc(O)cc(c1)C[C@H](NC(=O)[C@H](C(C)C)N(C)C(=O)c1ccc(NC3=NCCO3)cn1)C(=O)N1CCC[C@H](N1)C(=O)OCC(C)(C)C2. The Morgan fingerprint density at radius 2 is 1.88 bits per heavy atom. The summed E-state index contributed by atoms with van der Waals surface area (Å²) in [4.78, 5) is 71.6. The third-order valence-corrected chi connectivity index (χ3v) is 12.8. The van der Waals surface area contributed by atoms with Crippen LogP contribution in [0.1, 0.15) is 74.6 Å². The van der Waals surface area contributed by atoms with Crippen molar-refractivity contribution in [3.05, 3.63) is 95.6 Å². The van der Waals surface area contributed by atoms with Gasteiger partial charge in [0, 0.05) is 67.9 Å². The molecule has 0 aliphatic carbocycles. The highest BCUT2D eigenvalue weighted by molar-refractivity contribution is 5.98. The van der Waals surface area contributed by atoms with E-state index in [2.05, 4.69) is 68.5 Å². The van der Waals surface area contributed by atoms with Crippen LogP contribution in [0, 0.1) is 11.3 Å². The number of aliphatic imine (C=N–C) groups is 1. The third kappa shape index (κ3) is 10.2. The molecular formula is C51H61N9O8. The van der Waals surface area contributed by atoms with Crippen LogP contribution in [-0.4, -0.2) is 118 Å². The predicted molar refractivity (Wildman–Crippen MR) is 257 cm³/mol. The van der Waals surface area contributed by atoms with Crippen molar-refractivity contribution in [2.75, 3.05) is 45.8 Å². The molecule has 0 unspecified atom stereocenters. The second kappa shape index (κ2) is 20.2. The van der Waals surface area contributed by atoms with Crippen molar-refractivity contribution in [3.63, 3.8) is 0 Å². The number of nitrogens with one attached hydrogen (secondary N) is 3. The molecule has 17 nitrogen and oxygen atoms in total. The summed E-state index contributed by atoms with van der Waals surface area (Å²) < 4.78 is 19.4. The lowest BCUT2D eigenvalue weighted by molar-refractivity contribution is -0.155. The number of hydrogen-bond acceptors (Lipinski definition) is 13. The van der Waals surface area contributed by atoms with Gasteiger partial charge in [-0.1, -0.05) is 39.8 Å². The molecule has 3 aliphatic rings. The van der Waals surface area contributed by atoms with E-state index in [-0.39, 0.29) is 36.9 Å². The summed E-state index contributed by atoms with van der Waals surface area (Å²) in [6.07, 6.45) is 6.60. The fourth-order valence-corrected chi connectivity index (χ4v) is 9.55. The van der Waals surface area contributed by atoms with Gasteiger partial charge in [-0.3, -0.25) is 29.2 Å². The Morgan fingerprint density at radius 1 is 1.06 bits per heavy atom. The number of fused-ring (bicyclic) bond motifs is 6. The number of aromatic nitrogens is 3. The smallest absolute Gasteiger partial charge is 0.324 e. The number of anilines is 1. The maximum absolute atomic E-state index is 14.7. The highest BCUT2D eigenvalue weighted by atomic mass is 16.5. The van der Waals surface area contributed by atoms with Crippen LogP contribution in [0.25, 0.3) is 33.3 Å². The van der Waals surface area contributed by atoms with Crippen molar-refractivity contribution in [2.24, 2.45) is 16.3 Å². The summed E-state index contributed by atoms with van der Waals surface area (Å²) in [5.74, 6) is -2.42. The van der Waals surface area contributed by atoms with Crippen LogP contribution >= 0.6 is 0 Å². The number of likely N-dealkylation sites (N-methyl/N-ethyl adjacent to an activating group) is 1. The molecule has 6 heterocycles. The lowest BCUT2D eigenvalue weighted by Gasteiger charge is -2.36. The highest BCUT2D eigenvalue weighted by Crippen LogP contribution is 2.41. The summed E-state index contributed by atoms with van der Waals surface area (Å²) in [6, 6.07) is 14.0. The van der Waals surface area contributed by atoms with Gasteiger partial charge >= 0.3 is 5.97 Å². The Kier molecular flexibility index (Phi) is 14.1. The number of rotatable bonds is 10. The van der Waals surface area contributed by atoms with E-state index in [1.807, 2.05) is 38.2 Å². The molecule has 17 heteroatoms. The normalized spacial score (nSPS) is 18.9. The summed E-state index contributed by atoms with van der Waals surface area (Å²) in [7, 11) is 3.21. The molecule has 68 heavy (non-hydrogen) atoms. The number of ether oxygens (including phenoxy) is 3. The molecule has 1 fully saturated rings. The monoisotopic (exact) mass is 927 g/mol. The minimum absolute atomic E-state index is 0.0148. The molecule has 0 spiro atoms. The molecule has 3 aliphatic heterocycles. The molecule has 3 aromatic heterocycles. The zero-order chi connectivity index (χ0) is 48.3. The number of nitrogens with zero attached hydrogens (tertiary/aromatic N) is 6. The predicted octanol–water partition coefficient (Wildman–Crippen LogP) is 5.88. The van der Waals surface area contributed by atoms with Gasteiger partial charge in [0.1, 0.15) is 36.2 Å². The van der Waals surface area contributed by atoms with Gasteiger partial charge in [0.25, 0.3) is 17.8 Å². The van der Waals surface area contributed by atoms with Crippen molar-refractivity contribution in [3.8, 4) is 28.1 Å². The summed E-state index contributed by atoms with van der Waals surface area (Å²) in [5.41, 5.74) is 10.4. The molecule has 4 N–H and O–H groups in total. The van der Waals surface area contributed by atoms with Crippen molar-refractivity contribution < 1.29 is 38.5 Å². The number of pyridine rings is 2. The van der Waals surface area contributed by atoms with Gasteiger partial charge < -0.3 is 39.4 Å². The van der Waals surface area contributed by atoms with E-state index in [0.29, 0.717) is 68.4 Å². The molecule has 0 saturated carbocycles. The molecule has 1 saturated heterocycles. The van der Waals surface area contributed by atoms with E-state index < -0.39 is 47.2 Å². The van der Waals surface area contributed by atoms with Gasteiger partial charge in [-0.2, -0.15) is 0 Å². The van der Waals surface area contributed by atoms with Gasteiger partial charge in [-0.05, 0) is 102 Å². The number of carbonyl (C=O) groups is 4. The Hall–Kier alpha value is -6.85. The van der Waals surface area contributed by atoms with E-state index in [1.54, 1.807) is 37.6 Å². The second-order valence-electron chi connectivity index (χ2n) is 18.9. The number of amides is 3. The van der Waals surface area contributed by atoms with E-state index >= 15 is 0 Å². The van der Waals surface area contributed by atoms with E-state index in [1.165, 1.54) is 23.2 Å². The lowest BCUT2D eigenvalue weighted by atomic mass is 9.84. The summed E-state index contributed by atoms with van der Waals surface area (Å²) in [5, 5.41) is 19.7. The zero-order valence-electron chi connectivity index (χ0n) is 39.8. The fraction of sp³-hybridized carbons (Fsp3) is 0.431. The lowest BCUT2D eigenvalue weighted by Crippen LogP contribution is -2.62. The standard InChI is InChI=1S/C51H61N9O8/c1-8-59-43-14-11-32-24-37(43)38(45(59)39-27-52-16-15-33(39)28-66-7)25-51(4,5)29-68-49(65)41-10-9-18-60(57-41)48(64)42(22-31-20-34(32)23-36(61)21-31)56-46(62)44(30(2)3)58(6)47(63)40-13-12-35(26-54-40)55-50-53-17-19-67-50/h11-16,20-21,23-24,26-27,30,41-42,44,57,61H,8-10,17-19,22,25,28-29H2,1-7H3,(H,53,55)(H,56,62)/t41-,42-,44-/m0/s1. The maximum Gasteiger partial charge on any atom is 0.324 e. The first-order valence-corrected chi connectivity index (χ1v) is 23.3. The van der Waals surface area contributed by atoms with Crippen LogP contribution in [0.4, 0.5) is 5.69 Å². The molecule has 3 atom stereocenters. The molecule has 358 valence electrons. The number of methoxy groups -OCH3 is 1. The van der Waals surface area contributed by atoms with Crippen molar-refractivity contribution >= 4 is 46.3 Å². The molecular weight excluding hydrogens is 867 g/mol. The number of phenolic OH excluding ortho intramolecular Hbond substituents is 1. The number of carbonyl (C=O) groups excluding carboxylic acids is 4. The largest absolute Gasteiger partial charge is 0.508 e. The zero-order valence-corrected chi connectivity index (χ0v) is 39.8. The number of aryl methyl sites for hydroxylation is 1. The fourth-order valence-electron chi connectivity index (χ4n) is 9.55. The number of hydrogen-bond donors (Lipinski definition) is 4. The van der Waals surface area contributed by atoms with Gasteiger partial charge in [0.05, 0.1) is 37.3 Å². The molecule has 5 aromatic rings. The number of cyclic esters (lactones) is 1. The molecule has 8 rings (SSSR count). The van der Waals surface area contributed by atoms with E-state index in [9.17, 15) is 24.3 Å². The third-order valence-electron chi connectivity index (χ3n) is 12.8. The molecule has 3 amide bonds. The van der Waals surface area contributed by atoms with E-state index in [0.717, 1.165) is 38.9 Å². The quantitative estimate of drug-likeness (QED) is 0.121. The van der Waals surface area contributed by atoms with Crippen LogP contribution in [0.3, 0.4) is 0 Å². The van der Waals surface area contributed by atoms with Crippen LogP contribution in [0.2, 0.25) is 0 Å². The summed E-state index contributed by atoms with van der Waals surface area (Å²) >= 11 is 0. The van der Waals surface area contributed by atoms with Gasteiger partial charge in [-0.15, -0.1) is 0 Å². The number of aromatic hydroxyl groups is 1. The first-order valence-electron chi connectivity index (χ1n) is 23.3. The Balaban J connectivity index is 1.17. The molecule has 6 bridgehead atoms. The minimum Gasteiger partial charge on any atom is -0.508 e. The number of benzene rings is 2. The van der Waals surface area contributed by atoms with Crippen molar-refractivity contribution in [1.82, 2.24) is 35.2 Å². The first-order chi connectivity index (χ1) is 32.6. The van der Waals surface area contributed by atoms with Crippen LogP contribution in [0.5, 0.6) is 5.75 Å². The Bertz CT molecular complexity index is 2730. The van der Waals surface area contributed by atoms with Crippen LogP contribution in [-0.2, 0) is 54.6 Å². The summed E-state index contributed by atoms with van der Waals surface area (Å²) in [6.45, 7) is 12.4. The average Bonchev–Trinajstić information content (AvgIpc) is 3.95. The van der Waals surface area contributed by atoms with Crippen LogP contribution in [0.15, 0.2) is 78.2 Å². The highest BCUT2D eigenvalue weighted by Gasteiger charge is 2.38. The average molecular weight is 928 g/mol. The molecule has 0 radical (unpaired) electrons. The number of amidine groups is 1. The van der Waals surface area contributed by atoms with Crippen molar-refractivity contribution in [2.45, 2.75) is 91.6 Å². The molecule has 2 aromatic carbocycles. The van der Waals surface area contributed by atoms with Gasteiger partial charge in [-0.25, -0.2) is 15.4 Å². The Labute approximate surface area is 396 Å². The minimum atomic E-state index is -1.18. The number of esters is 1. The van der Waals surface area contributed by atoms with Crippen LogP contribution < -0.4 is 16.1 Å². The van der Waals surface area contributed by atoms with Gasteiger partial charge in [0.2, 0.25) is 5.91 Å². The second-order valence-corrected chi connectivity index (χ2v) is 18.9. The maximum atomic E-state index is 14.7. The number of phenols is 1.